The van der Waals surface area contributed by atoms with E-state index < -0.39 is 6.04 Å². The topological polar surface area (TPSA) is 49.4 Å². The number of nitrogens with zero attached hydrogens (tertiary/aromatic N) is 1. The minimum atomic E-state index is -0.573. The van der Waals surface area contributed by atoms with E-state index in [2.05, 4.69) is 11.4 Å². The van der Waals surface area contributed by atoms with E-state index in [1.54, 1.807) is 17.0 Å². The van der Waals surface area contributed by atoms with Crippen LogP contribution in [0.4, 0.5) is 0 Å². The number of hydrogen-bond donors (Lipinski definition) is 1. The van der Waals surface area contributed by atoms with Gasteiger partial charge in [0.1, 0.15) is 6.04 Å². The lowest BCUT2D eigenvalue weighted by atomic mass is 9.97. The highest BCUT2D eigenvalue weighted by Gasteiger charge is 2.28. The summed E-state index contributed by atoms with van der Waals surface area (Å²) >= 11 is 6.00. The van der Waals surface area contributed by atoms with Gasteiger partial charge in [-0.05, 0) is 55.4 Å². The lowest BCUT2D eigenvalue weighted by Gasteiger charge is -2.30. The average Bonchev–Trinajstić information content (AvgIpc) is 2.78. The van der Waals surface area contributed by atoms with Crippen LogP contribution in [-0.2, 0) is 22.6 Å². The molecule has 0 saturated heterocycles. The molecule has 1 N–H and O–H groups in total. The predicted molar refractivity (Wildman–Crippen MR) is 126 cm³/mol. The summed E-state index contributed by atoms with van der Waals surface area (Å²) in [7, 11) is 0. The minimum Gasteiger partial charge on any atom is -0.354 e. The van der Waals surface area contributed by atoms with E-state index >= 15 is 0 Å². The third-order valence-corrected chi connectivity index (χ3v) is 6.00. The van der Waals surface area contributed by atoms with Crippen LogP contribution in [0, 0.1) is 0 Å². The standard InChI is InChI=1S/C26H31ClN2O2/c1-20(30)29(19-23-12-14-24(27)15-13-23)25(18-22-10-6-3-7-11-22)26(31)28-17-16-21-8-4-2-5-9-21/h3,6-8,10-15,25H,2,4-5,9,16-19H2,1H3,(H,28,31)/t25-/m0/s1. The van der Waals surface area contributed by atoms with Crippen LogP contribution in [-0.4, -0.2) is 29.3 Å². The lowest BCUT2D eigenvalue weighted by molar-refractivity contribution is -0.139. The van der Waals surface area contributed by atoms with Crippen molar-refractivity contribution >= 4 is 23.4 Å². The molecule has 164 valence electrons. The number of halogens is 1. The molecule has 0 aromatic heterocycles. The molecule has 3 rings (SSSR count). The second-order valence-corrected chi connectivity index (χ2v) is 8.56. The zero-order chi connectivity index (χ0) is 22.1. The fourth-order valence-electron chi connectivity index (χ4n) is 4.01. The Morgan fingerprint density at radius 3 is 2.42 bits per heavy atom. The first-order valence-electron chi connectivity index (χ1n) is 11.0. The van der Waals surface area contributed by atoms with Crippen molar-refractivity contribution in [3.63, 3.8) is 0 Å². The molecule has 0 unspecified atom stereocenters. The number of benzene rings is 2. The van der Waals surface area contributed by atoms with Crippen molar-refractivity contribution in [2.75, 3.05) is 6.54 Å². The molecule has 5 heteroatoms. The van der Waals surface area contributed by atoms with Crippen molar-refractivity contribution in [1.82, 2.24) is 10.2 Å². The number of allylic oxidation sites excluding steroid dienone is 1. The fourth-order valence-corrected chi connectivity index (χ4v) is 4.13. The van der Waals surface area contributed by atoms with E-state index in [0.29, 0.717) is 24.5 Å². The maximum absolute atomic E-state index is 13.2. The van der Waals surface area contributed by atoms with E-state index in [-0.39, 0.29) is 11.8 Å². The van der Waals surface area contributed by atoms with Gasteiger partial charge in [-0.3, -0.25) is 9.59 Å². The predicted octanol–water partition coefficient (Wildman–Crippen LogP) is 5.31. The van der Waals surface area contributed by atoms with Gasteiger partial charge in [0.15, 0.2) is 0 Å². The summed E-state index contributed by atoms with van der Waals surface area (Å²) in [6, 6.07) is 16.7. The Labute approximate surface area is 190 Å². The van der Waals surface area contributed by atoms with Gasteiger partial charge in [0, 0.05) is 31.5 Å². The quantitative estimate of drug-likeness (QED) is 0.539. The molecule has 4 nitrogen and oxygen atoms in total. The van der Waals surface area contributed by atoms with Gasteiger partial charge < -0.3 is 10.2 Å². The largest absolute Gasteiger partial charge is 0.354 e. The summed E-state index contributed by atoms with van der Waals surface area (Å²) in [5, 5.41) is 3.73. The van der Waals surface area contributed by atoms with Crippen LogP contribution in [0.25, 0.3) is 0 Å². The van der Waals surface area contributed by atoms with Crippen molar-refractivity contribution in [2.24, 2.45) is 0 Å². The second kappa shape index (κ2) is 11.7. The first kappa shape index (κ1) is 23.1. The molecule has 1 aliphatic carbocycles. The van der Waals surface area contributed by atoms with Crippen molar-refractivity contribution in [2.45, 2.75) is 58.0 Å². The monoisotopic (exact) mass is 438 g/mol. The van der Waals surface area contributed by atoms with Crippen LogP contribution >= 0.6 is 11.6 Å². The molecule has 2 amide bonds. The summed E-state index contributed by atoms with van der Waals surface area (Å²) in [6.45, 7) is 2.49. The Morgan fingerprint density at radius 2 is 1.77 bits per heavy atom. The van der Waals surface area contributed by atoms with Crippen LogP contribution in [0.3, 0.4) is 0 Å². The molecule has 31 heavy (non-hydrogen) atoms. The van der Waals surface area contributed by atoms with Gasteiger partial charge in [-0.1, -0.05) is 65.7 Å². The SMILES string of the molecule is CC(=O)N(Cc1ccc(Cl)cc1)[C@@H](Cc1ccccc1)C(=O)NCCC1=CCCCC1. The molecule has 0 heterocycles. The van der Waals surface area contributed by atoms with Gasteiger partial charge >= 0.3 is 0 Å². The smallest absolute Gasteiger partial charge is 0.243 e. The van der Waals surface area contributed by atoms with Crippen molar-refractivity contribution in [3.05, 3.63) is 82.4 Å². The molecule has 0 radical (unpaired) electrons. The van der Waals surface area contributed by atoms with Crippen LogP contribution in [0.2, 0.25) is 5.02 Å². The van der Waals surface area contributed by atoms with Gasteiger partial charge in [0.2, 0.25) is 11.8 Å². The highest BCUT2D eigenvalue weighted by molar-refractivity contribution is 6.30. The molecule has 0 spiro atoms. The van der Waals surface area contributed by atoms with Gasteiger partial charge in [0.25, 0.3) is 0 Å². The number of carbonyl (C=O) groups excluding carboxylic acids is 2. The minimum absolute atomic E-state index is 0.107. The van der Waals surface area contributed by atoms with Crippen LogP contribution in [0.15, 0.2) is 66.2 Å². The summed E-state index contributed by atoms with van der Waals surface area (Å²) in [5.74, 6) is -0.231. The van der Waals surface area contributed by atoms with Crippen molar-refractivity contribution in [1.29, 1.82) is 0 Å². The summed E-state index contributed by atoms with van der Waals surface area (Å²) in [5.41, 5.74) is 3.40. The molecular formula is C26H31ClN2O2. The lowest BCUT2D eigenvalue weighted by Crippen LogP contribution is -2.50. The Bertz CT molecular complexity index is 893. The van der Waals surface area contributed by atoms with Crippen molar-refractivity contribution < 1.29 is 9.59 Å². The maximum Gasteiger partial charge on any atom is 0.243 e. The van der Waals surface area contributed by atoms with Gasteiger partial charge in [-0.2, -0.15) is 0 Å². The van der Waals surface area contributed by atoms with Gasteiger partial charge in [0.05, 0.1) is 0 Å². The molecule has 2 aromatic carbocycles. The molecule has 1 atom stereocenters. The number of carbonyl (C=O) groups is 2. The van der Waals surface area contributed by atoms with E-state index in [0.717, 1.165) is 30.4 Å². The molecule has 1 aliphatic rings. The second-order valence-electron chi connectivity index (χ2n) is 8.13. The highest BCUT2D eigenvalue weighted by Crippen LogP contribution is 2.20. The Hall–Kier alpha value is -2.59. The van der Waals surface area contributed by atoms with E-state index in [1.165, 1.54) is 25.3 Å². The normalized spacial score (nSPS) is 14.5. The number of rotatable bonds is 9. The van der Waals surface area contributed by atoms with E-state index in [4.69, 9.17) is 11.6 Å². The van der Waals surface area contributed by atoms with Crippen molar-refractivity contribution in [3.8, 4) is 0 Å². The zero-order valence-electron chi connectivity index (χ0n) is 18.1. The Morgan fingerprint density at radius 1 is 1.03 bits per heavy atom. The fraction of sp³-hybridized carbons (Fsp3) is 0.385. The molecule has 0 bridgehead atoms. The number of nitrogens with one attached hydrogen (secondary N) is 1. The van der Waals surface area contributed by atoms with E-state index in [9.17, 15) is 9.59 Å². The summed E-state index contributed by atoms with van der Waals surface area (Å²) in [6.07, 6.45) is 8.41. The maximum atomic E-state index is 13.2. The summed E-state index contributed by atoms with van der Waals surface area (Å²) < 4.78 is 0. The summed E-state index contributed by atoms with van der Waals surface area (Å²) in [4.78, 5) is 27.5. The first-order valence-corrected chi connectivity index (χ1v) is 11.4. The highest BCUT2D eigenvalue weighted by atomic mass is 35.5. The average molecular weight is 439 g/mol. The number of hydrogen-bond acceptors (Lipinski definition) is 2. The van der Waals surface area contributed by atoms with Crippen LogP contribution in [0.1, 0.15) is 50.2 Å². The molecule has 0 fully saturated rings. The Kier molecular flexibility index (Phi) is 8.72. The van der Waals surface area contributed by atoms with Gasteiger partial charge in [-0.25, -0.2) is 0 Å². The third kappa shape index (κ3) is 7.25. The molecule has 0 saturated carbocycles. The van der Waals surface area contributed by atoms with Crippen LogP contribution < -0.4 is 5.32 Å². The van der Waals surface area contributed by atoms with Crippen LogP contribution in [0.5, 0.6) is 0 Å². The number of amides is 2. The molecule has 2 aromatic rings. The van der Waals surface area contributed by atoms with E-state index in [1.807, 2.05) is 42.5 Å². The molecular weight excluding hydrogens is 408 g/mol. The Balaban J connectivity index is 1.73. The third-order valence-electron chi connectivity index (χ3n) is 5.75. The van der Waals surface area contributed by atoms with Gasteiger partial charge in [-0.15, -0.1) is 0 Å². The first-order chi connectivity index (χ1) is 15.0. The zero-order valence-corrected chi connectivity index (χ0v) is 18.9. The molecule has 0 aliphatic heterocycles.